The highest BCUT2D eigenvalue weighted by molar-refractivity contribution is 6.31. The molecule has 28 heavy (non-hydrogen) atoms. The van der Waals surface area contributed by atoms with E-state index in [0.717, 1.165) is 11.1 Å². The predicted octanol–water partition coefficient (Wildman–Crippen LogP) is 3.47. The molecule has 4 aromatic rings. The van der Waals surface area contributed by atoms with E-state index >= 15 is 0 Å². The summed E-state index contributed by atoms with van der Waals surface area (Å²) in [6.45, 7) is 3.92. The number of halogens is 1. The normalized spacial score (nSPS) is 12.5. The molecule has 1 unspecified atom stereocenters. The summed E-state index contributed by atoms with van der Waals surface area (Å²) in [7, 11) is 0. The molecule has 0 aliphatic carbocycles. The third-order valence-corrected chi connectivity index (χ3v) is 5.19. The van der Waals surface area contributed by atoms with E-state index in [1.54, 1.807) is 35.8 Å². The lowest BCUT2D eigenvalue weighted by Crippen LogP contribution is -2.39. The molecule has 144 valence electrons. The zero-order valence-electron chi connectivity index (χ0n) is 15.5. The topological polar surface area (TPSA) is 81.5 Å². The van der Waals surface area contributed by atoms with Crippen LogP contribution in [-0.4, -0.2) is 20.1 Å². The maximum absolute atomic E-state index is 13.0. The van der Waals surface area contributed by atoms with Gasteiger partial charge in [-0.15, -0.1) is 0 Å². The molecule has 8 heteroatoms. The fourth-order valence-electron chi connectivity index (χ4n) is 3.42. The number of nitrogens with one attached hydrogen (secondary N) is 1. The number of amides is 1. The largest absolute Gasteiger partial charge is 0.463 e. The summed E-state index contributed by atoms with van der Waals surface area (Å²) >= 11 is 6.15. The summed E-state index contributed by atoms with van der Waals surface area (Å²) in [5.74, 6) is 0.319. The number of fused-ring (bicyclic) bond motifs is 3. The lowest BCUT2D eigenvalue weighted by Gasteiger charge is -2.18. The van der Waals surface area contributed by atoms with Crippen molar-refractivity contribution in [2.24, 2.45) is 0 Å². The van der Waals surface area contributed by atoms with Gasteiger partial charge in [-0.25, -0.2) is 4.68 Å². The van der Waals surface area contributed by atoms with Gasteiger partial charge in [0, 0.05) is 23.7 Å². The van der Waals surface area contributed by atoms with Crippen molar-refractivity contribution < 1.29 is 9.21 Å². The molecule has 0 aliphatic rings. The lowest BCUT2D eigenvalue weighted by molar-refractivity contribution is -0.125. The molecule has 7 nitrogen and oxygen atoms in total. The summed E-state index contributed by atoms with van der Waals surface area (Å²) in [6.07, 6.45) is 1.99. The predicted molar refractivity (Wildman–Crippen MR) is 107 cm³/mol. The summed E-state index contributed by atoms with van der Waals surface area (Å²) in [6, 6.07) is 10.0. The van der Waals surface area contributed by atoms with E-state index in [1.165, 1.54) is 4.68 Å². The number of carbonyl (C=O) groups excluding carboxylic acids is 1. The van der Waals surface area contributed by atoms with Crippen LogP contribution in [0.5, 0.6) is 0 Å². The van der Waals surface area contributed by atoms with Gasteiger partial charge in [0.25, 0.3) is 5.56 Å². The van der Waals surface area contributed by atoms with Gasteiger partial charge in [0.15, 0.2) is 5.58 Å². The SMILES string of the molecule is CCC(C(=O)NCc1ccccc1Cl)n1nc(C)n2c(cc3occc32)c1=O. The third-order valence-electron chi connectivity index (χ3n) is 4.82. The smallest absolute Gasteiger partial charge is 0.291 e. The molecule has 0 fully saturated rings. The Hall–Kier alpha value is -3.06. The Morgan fingerprint density at radius 3 is 2.82 bits per heavy atom. The number of furan rings is 1. The fraction of sp³-hybridized carbons (Fsp3) is 0.250. The number of carbonyl (C=O) groups is 1. The highest BCUT2D eigenvalue weighted by atomic mass is 35.5. The van der Waals surface area contributed by atoms with E-state index in [2.05, 4.69) is 10.4 Å². The van der Waals surface area contributed by atoms with Gasteiger partial charge < -0.3 is 9.73 Å². The molecule has 0 bridgehead atoms. The van der Waals surface area contributed by atoms with Gasteiger partial charge >= 0.3 is 0 Å². The first kappa shape index (κ1) is 18.3. The van der Waals surface area contributed by atoms with Crippen LogP contribution in [0.1, 0.15) is 30.8 Å². The summed E-state index contributed by atoms with van der Waals surface area (Å²) < 4.78 is 8.39. The minimum atomic E-state index is -0.722. The molecule has 1 N–H and O–H groups in total. The van der Waals surface area contributed by atoms with Crippen LogP contribution < -0.4 is 10.9 Å². The van der Waals surface area contributed by atoms with E-state index < -0.39 is 6.04 Å². The van der Waals surface area contributed by atoms with Gasteiger partial charge in [-0.3, -0.25) is 14.0 Å². The number of nitrogens with zero attached hydrogens (tertiary/aromatic N) is 3. The Morgan fingerprint density at radius 1 is 1.29 bits per heavy atom. The van der Waals surface area contributed by atoms with Crippen molar-refractivity contribution in [3.63, 3.8) is 0 Å². The molecule has 3 aromatic heterocycles. The molecule has 0 saturated heterocycles. The maximum Gasteiger partial charge on any atom is 0.291 e. The maximum atomic E-state index is 13.0. The van der Waals surface area contributed by atoms with Gasteiger partial charge in [-0.1, -0.05) is 36.7 Å². The third kappa shape index (κ3) is 2.97. The van der Waals surface area contributed by atoms with Crippen molar-refractivity contribution in [1.29, 1.82) is 0 Å². The van der Waals surface area contributed by atoms with Crippen LogP contribution >= 0.6 is 11.6 Å². The first-order valence-corrected chi connectivity index (χ1v) is 9.38. The van der Waals surface area contributed by atoms with Gasteiger partial charge in [0.05, 0.1) is 11.8 Å². The summed E-state index contributed by atoms with van der Waals surface area (Å²) in [5.41, 5.74) is 2.29. The Bertz CT molecular complexity index is 1240. The van der Waals surface area contributed by atoms with E-state index in [0.29, 0.717) is 28.4 Å². The van der Waals surface area contributed by atoms with E-state index in [4.69, 9.17) is 16.0 Å². The number of benzene rings is 1. The van der Waals surface area contributed by atoms with Crippen molar-refractivity contribution in [3.05, 3.63) is 69.4 Å². The fourth-order valence-corrected chi connectivity index (χ4v) is 3.62. The molecular weight excluding hydrogens is 380 g/mol. The molecule has 1 atom stereocenters. The number of hydrogen-bond donors (Lipinski definition) is 1. The van der Waals surface area contributed by atoms with E-state index in [9.17, 15) is 9.59 Å². The minimum Gasteiger partial charge on any atom is -0.463 e. The monoisotopic (exact) mass is 398 g/mol. The van der Waals surface area contributed by atoms with Crippen LogP contribution in [0.15, 0.2) is 51.9 Å². The van der Waals surface area contributed by atoms with E-state index in [1.807, 2.05) is 25.1 Å². The number of rotatable bonds is 5. The van der Waals surface area contributed by atoms with E-state index in [-0.39, 0.29) is 18.0 Å². The molecular formula is C20H19ClN4O3. The van der Waals surface area contributed by atoms with Crippen molar-refractivity contribution in [3.8, 4) is 0 Å². The van der Waals surface area contributed by atoms with Crippen molar-refractivity contribution in [1.82, 2.24) is 19.5 Å². The lowest BCUT2D eigenvalue weighted by atomic mass is 10.2. The first-order chi connectivity index (χ1) is 13.5. The molecule has 4 rings (SSSR count). The van der Waals surface area contributed by atoms with Crippen LogP contribution in [0.4, 0.5) is 0 Å². The average Bonchev–Trinajstić information content (AvgIpc) is 3.27. The molecule has 3 heterocycles. The van der Waals surface area contributed by atoms with Gasteiger partial charge in [-0.05, 0) is 25.0 Å². The van der Waals surface area contributed by atoms with Crippen molar-refractivity contribution >= 4 is 34.1 Å². The quantitative estimate of drug-likeness (QED) is 0.558. The number of aromatic nitrogens is 3. The Balaban J connectivity index is 1.68. The second-order valence-corrected chi connectivity index (χ2v) is 6.97. The Kier molecular flexibility index (Phi) is 4.68. The minimum absolute atomic E-state index is 0.281. The molecule has 0 aliphatic heterocycles. The molecule has 0 radical (unpaired) electrons. The van der Waals surface area contributed by atoms with Crippen LogP contribution in [-0.2, 0) is 11.3 Å². The standard InChI is InChI=1S/C20H19ClN4O3/c1-3-15(19(26)22-11-13-6-4-5-7-14(13)21)25-20(27)17-10-18-16(8-9-28-18)24(17)12(2)23-25/h4-10,15H,3,11H2,1-2H3,(H,22,26). The molecule has 1 amide bonds. The zero-order valence-corrected chi connectivity index (χ0v) is 16.2. The van der Waals surface area contributed by atoms with Crippen LogP contribution in [0, 0.1) is 6.92 Å². The molecule has 0 saturated carbocycles. The highest BCUT2D eigenvalue weighted by Crippen LogP contribution is 2.21. The average molecular weight is 399 g/mol. The van der Waals surface area contributed by atoms with Gasteiger partial charge in [0.2, 0.25) is 5.91 Å². The van der Waals surface area contributed by atoms with Crippen molar-refractivity contribution in [2.45, 2.75) is 32.9 Å². The van der Waals surface area contributed by atoms with Crippen LogP contribution in [0.2, 0.25) is 5.02 Å². The van der Waals surface area contributed by atoms with Gasteiger partial charge in [-0.2, -0.15) is 5.10 Å². The first-order valence-electron chi connectivity index (χ1n) is 9.00. The number of hydrogen-bond acceptors (Lipinski definition) is 4. The van der Waals surface area contributed by atoms with Crippen LogP contribution in [0.25, 0.3) is 16.6 Å². The Morgan fingerprint density at radius 2 is 2.07 bits per heavy atom. The highest BCUT2D eigenvalue weighted by Gasteiger charge is 2.24. The second kappa shape index (κ2) is 7.16. The van der Waals surface area contributed by atoms with Gasteiger partial charge in [0.1, 0.15) is 17.4 Å². The number of aryl methyl sites for hydroxylation is 1. The second-order valence-electron chi connectivity index (χ2n) is 6.57. The van der Waals surface area contributed by atoms with Crippen LogP contribution in [0.3, 0.4) is 0 Å². The molecule has 0 spiro atoms. The summed E-state index contributed by atoms with van der Waals surface area (Å²) in [4.78, 5) is 25.8. The van der Waals surface area contributed by atoms with Crippen molar-refractivity contribution in [2.75, 3.05) is 0 Å². The molecule has 1 aromatic carbocycles. The summed E-state index contributed by atoms with van der Waals surface area (Å²) in [5, 5.41) is 7.85. The zero-order chi connectivity index (χ0) is 19.8. The Labute approximate surface area is 165 Å².